The third-order valence-electron chi connectivity index (χ3n) is 3.31. The molecule has 0 unspecified atom stereocenters. The minimum Gasteiger partial charge on any atom is -0.459 e. The molecule has 0 aliphatic carbocycles. The maximum atomic E-state index is 12.3. The van der Waals surface area contributed by atoms with Crippen LogP contribution in [0.5, 0.6) is 0 Å². The van der Waals surface area contributed by atoms with Gasteiger partial charge in [0.2, 0.25) is 5.91 Å². The van der Waals surface area contributed by atoms with E-state index in [0.717, 1.165) is 9.56 Å². The van der Waals surface area contributed by atoms with Crippen molar-refractivity contribution in [3.63, 3.8) is 0 Å². The maximum Gasteiger partial charge on any atom is 0.437 e. The standard InChI is InChI=1S/C16H15N3O5S/c1-10(20)17-7-6-11-4-5-14(25-11)12(21)9-19-16(22)24-15(18-19)13-3-2-8-23-13/h2-5,8H,6-7,9H2,1H3,(H,17,20). The van der Waals surface area contributed by atoms with Gasteiger partial charge in [-0.15, -0.1) is 16.4 Å². The van der Waals surface area contributed by atoms with E-state index in [1.807, 2.05) is 6.07 Å². The number of furan rings is 1. The van der Waals surface area contributed by atoms with E-state index in [2.05, 4.69) is 10.4 Å². The minimum absolute atomic E-state index is 0.0324. The molecule has 0 bridgehead atoms. The lowest BCUT2D eigenvalue weighted by Gasteiger charge is -1.99. The molecule has 1 amide bonds. The summed E-state index contributed by atoms with van der Waals surface area (Å²) in [6, 6.07) is 6.79. The van der Waals surface area contributed by atoms with Crippen molar-refractivity contribution in [2.45, 2.75) is 19.9 Å². The molecule has 0 aromatic carbocycles. The number of aromatic nitrogens is 2. The van der Waals surface area contributed by atoms with Gasteiger partial charge in [-0.2, -0.15) is 4.68 Å². The smallest absolute Gasteiger partial charge is 0.437 e. The first-order chi connectivity index (χ1) is 12.0. The van der Waals surface area contributed by atoms with Crippen LogP contribution in [0, 0.1) is 0 Å². The number of rotatable bonds is 7. The van der Waals surface area contributed by atoms with Crippen molar-refractivity contribution in [1.82, 2.24) is 15.1 Å². The quantitative estimate of drug-likeness (QED) is 0.642. The average Bonchev–Trinajstić information content (AvgIpc) is 3.28. The normalized spacial score (nSPS) is 10.8. The Kier molecular flexibility index (Phi) is 4.94. The molecule has 0 aliphatic rings. The van der Waals surface area contributed by atoms with Gasteiger partial charge in [0.25, 0.3) is 5.89 Å². The molecular weight excluding hydrogens is 346 g/mol. The van der Waals surface area contributed by atoms with Crippen LogP contribution in [0.4, 0.5) is 0 Å². The highest BCUT2D eigenvalue weighted by molar-refractivity contribution is 7.14. The van der Waals surface area contributed by atoms with Crippen LogP contribution in [-0.2, 0) is 17.8 Å². The van der Waals surface area contributed by atoms with E-state index < -0.39 is 5.76 Å². The summed E-state index contributed by atoms with van der Waals surface area (Å²) in [6.45, 7) is 1.75. The number of amides is 1. The molecule has 3 heterocycles. The summed E-state index contributed by atoms with van der Waals surface area (Å²) in [5, 5.41) is 6.68. The van der Waals surface area contributed by atoms with Crippen molar-refractivity contribution < 1.29 is 18.4 Å². The molecule has 3 rings (SSSR count). The molecule has 0 fully saturated rings. The van der Waals surface area contributed by atoms with Gasteiger partial charge in [0, 0.05) is 18.3 Å². The molecule has 0 atom stereocenters. The van der Waals surface area contributed by atoms with Gasteiger partial charge in [-0.1, -0.05) is 0 Å². The van der Waals surface area contributed by atoms with Gasteiger partial charge in [-0.25, -0.2) is 4.79 Å². The fraction of sp³-hybridized carbons (Fsp3) is 0.250. The zero-order valence-electron chi connectivity index (χ0n) is 13.4. The second-order valence-corrected chi connectivity index (χ2v) is 6.40. The molecule has 25 heavy (non-hydrogen) atoms. The summed E-state index contributed by atoms with van der Waals surface area (Å²) < 4.78 is 11.1. The Morgan fingerprint density at radius 1 is 1.32 bits per heavy atom. The van der Waals surface area contributed by atoms with Gasteiger partial charge >= 0.3 is 5.76 Å². The number of Topliss-reactive ketones (excluding diaryl/α,β-unsaturated/α-hetero) is 1. The molecule has 8 nitrogen and oxygen atoms in total. The Morgan fingerprint density at radius 3 is 2.88 bits per heavy atom. The number of thiophene rings is 1. The van der Waals surface area contributed by atoms with Gasteiger partial charge in [0.1, 0.15) is 6.54 Å². The third kappa shape index (κ3) is 4.13. The Balaban J connectivity index is 1.66. The summed E-state index contributed by atoms with van der Waals surface area (Å²) in [6.07, 6.45) is 2.08. The first-order valence-electron chi connectivity index (χ1n) is 7.51. The number of carbonyl (C=O) groups excluding carboxylic acids is 2. The molecule has 0 aliphatic heterocycles. The summed E-state index contributed by atoms with van der Waals surface area (Å²) in [5.41, 5.74) is 0. The molecule has 0 saturated carbocycles. The highest BCUT2D eigenvalue weighted by atomic mass is 32.1. The predicted octanol–water partition coefficient (Wildman–Crippen LogP) is 1.72. The van der Waals surface area contributed by atoms with Gasteiger partial charge < -0.3 is 14.2 Å². The molecule has 0 radical (unpaired) electrons. The minimum atomic E-state index is -0.720. The number of hydrogen-bond donors (Lipinski definition) is 1. The van der Waals surface area contributed by atoms with Crippen molar-refractivity contribution in [1.29, 1.82) is 0 Å². The van der Waals surface area contributed by atoms with Crippen LogP contribution in [0.25, 0.3) is 11.7 Å². The first-order valence-corrected chi connectivity index (χ1v) is 8.33. The lowest BCUT2D eigenvalue weighted by Crippen LogP contribution is -2.22. The van der Waals surface area contributed by atoms with Gasteiger partial charge in [-0.05, 0) is 30.7 Å². The van der Waals surface area contributed by atoms with E-state index in [1.165, 1.54) is 24.5 Å². The summed E-state index contributed by atoms with van der Waals surface area (Å²) in [5.74, 6) is -0.699. The second kappa shape index (κ2) is 7.31. The van der Waals surface area contributed by atoms with Crippen LogP contribution < -0.4 is 11.1 Å². The summed E-state index contributed by atoms with van der Waals surface area (Å²) in [7, 11) is 0. The average molecular weight is 361 g/mol. The Morgan fingerprint density at radius 2 is 2.16 bits per heavy atom. The molecule has 3 aromatic rings. The highest BCUT2D eigenvalue weighted by Crippen LogP contribution is 2.19. The van der Waals surface area contributed by atoms with Crippen LogP contribution in [-0.4, -0.2) is 28.0 Å². The van der Waals surface area contributed by atoms with Crippen LogP contribution in [0.1, 0.15) is 21.5 Å². The topological polar surface area (TPSA) is 107 Å². The van der Waals surface area contributed by atoms with Crippen LogP contribution >= 0.6 is 11.3 Å². The Bertz CT molecular complexity index is 935. The zero-order valence-corrected chi connectivity index (χ0v) is 14.2. The van der Waals surface area contributed by atoms with Crippen molar-refractivity contribution in [3.05, 3.63) is 50.8 Å². The Hall–Kier alpha value is -2.94. The predicted molar refractivity (Wildman–Crippen MR) is 89.5 cm³/mol. The van der Waals surface area contributed by atoms with Crippen LogP contribution in [0.3, 0.4) is 0 Å². The lowest BCUT2D eigenvalue weighted by atomic mass is 10.3. The zero-order chi connectivity index (χ0) is 17.8. The molecule has 9 heteroatoms. The van der Waals surface area contributed by atoms with Crippen LogP contribution in [0.2, 0.25) is 0 Å². The molecule has 0 spiro atoms. The molecule has 0 saturated heterocycles. The number of nitrogens with one attached hydrogen (secondary N) is 1. The number of hydrogen-bond acceptors (Lipinski definition) is 7. The SMILES string of the molecule is CC(=O)NCCc1ccc(C(=O)Cn2nc(-c3ccco3)oc2=O)s1. The van der Waals surface area contributed by atoms with Crippen molar-refractivity contribution in [2.24, 2.45) is 0 Å². The third-order valence-corrected chi connectivity index (χ3v) is 4.50. The van der Waals surface area contributed by atoms with Crippen molar-refractivity contribution in [2.75, 3.05) is 6.54 Å². The monoisotopic (exact) mass is 361 g/mol. The Labute approximate surface area is 146 Å². The van der Waals surface area contributed by atoms with E-state index in [-0.39, 0.29) is 24.1 Å². The largest absolute Gasteiger partial charge is 0.459 e. The van der Waals surface area contributed by atoms with E-state index in [0.29, 0.717) is 23.6 Å². The molecular formula is C16H15N3O5S. The first kappa shape index (κ1) is 16.9. The maximum absolute atomic E-state index is 12.3. The van der Waals surface area contributed by atoms with E-state index >= 15 is 0 Å². The fourth-order valence-electron chi connectivity index (χ4n) is 2.14. The van der Waals surface area contributed by atoms with E-state index in [4.69, 9.17) is 8.83 Å². The van der Waals surface area contributed by atoms with Gasteiger partial charge in [0.15, 0.2) is 11.5 Å². The summed E-state index contributed by atoms with van der Waals surface area (Å²) in [4.78, 5) is 36.5. The van der Waals surface area contributed by atoms with Crippen LogP contribution in [0.15, 0.2) is 44.2 Å². The number of nitrogens with zero attached hydrogens (tertiary/aromatic N) is 2. The van der Waals surface area contributed by atoms with Gasteiger partial charge in [0.05, 0.1) is 11.1 Å². The van der Waals surface area contributed by atoms with E-state index in [9.17, 15) is 14.4 Å². The second-order valence-electron chi connectivity index (χ2n) is 5.23. The fourth-order valence-corrected chi connectivity index (χ4v) is 3.08. The van der Waals surface area contributed by atoms with E-state index in [1.54, 1.807) is 18.2 Å². The highest BCUT2D eigenvalue weighted by Gasteiger charge is 2.17. The number of carbonyl (C=O) groups is 2. The lowest BCUT2D eigenvalue weighted by molar-refractivity contribution is -0.118. The number of ketones is 1. The molecule has 1 N–H and O–H groups in total. The van der Waals surface area contributed by atoms with Gasteiger partial charge in [-0.3, -0.25) is 9.59 Å². The van der Waals surface area contributed by atoms with Crippen molar-refractivity contribution in [3.8, 4) is 11.7 Å². The summed E-state index contributed by atoms with van der Waals surface area (Å²) >= 11 is 1.33. The van der Waals surface area contributed by atoms with Crippen molar-refractivity contribution >= 4 is 23.0 Å². The molecule has 3 aromatic heterocycles. The molecule has 130 valence electrons.